The lowest BCUT2D eigenvalue weighted by atomic mass is 9.89. The van der Waals surface area contributed by atoms with Crippen molar-refractivity contribution in [2.24, 2.45) is 0 Å². The summed E-state index contributed by atoms with van der Waals surface area (Å²) >= 11 is 5.50. The van der Waals surface area contributed by atoms with Crippen molar-refractivity contribution >= 4 is 51.6 Å². The van der Waals surface area contributed by atoms with Gasteiger partial charge in [0.1, 0.15) is 0 Å². The molecule has 1 aromatic carbocycles. The van der Waals surface area contributed by atoms with E-state index in [1.54, 1.807) is 12.1 Å². The summed E-state index contributed by atoms with van der Waals surface area (Å²) in [5.74, 6) is 0. The van der Waals surface area contributed by atoms with Crippen molar-refractivity contribution in [3.63, 3.8) is 0 Å². The summed E-state index contributed by atoms with van der Waals surface area (Å²) in [6.07, 6.45) is 0. The highest BCUT2D eigenvalue weighted by Gasteiger charge is 2.15. The zero-order valence-corrected chi connectivity index (χ0v) is 8.85. The molecule has 0 spiro atoms. The van der Waals surface area contributed by atoms with E-state index >= 15 is 0 Å². The number of hydrogen-bond donors (Lipinski definition) is 4. The van der Waals surface area contributed by atoms with Crippen LogP contribution < -0.4 is 10.5 Å². The van der Waals surface area contributed by atoms with Gasteiger partial charge in [0.25, 0.3) is 0 Å². The highest BCUT2D eigenvalue weighted by Crippen LogP contribution is 2.28. The van der Waals surface area contributed by atoms with Crippen LogP contribution in [0.4, 0.5) is 5.69 Å². The minimum atomic E-state index is -1.44. The van der Waals surface area contributed by atoms with E-state index < -0.39 is 7.12 Å². The van der Waals surface area contributed by atoms with Gasteiger partial charge in [0, 0.05) is 25.4 Å². The molecule has 1 heterocycles. The summed E-state index contributed by atoms with van der Waals surface area (Å²) in [6.45, 7) is 0. The molecule has 0 bridgehead atoms. The highest BCUT2D eigenvalue weighted by molar-refractivity contribution is 7.80. The molecule has 1 aromatic heterocycles. The van der Waals surface area contributed by atoms with Crippen LogP contribution in [0, 0.1) is 0 Å². The first-order valence-corrected chi connectivity index (χ1v) is 5.22. The van der Waals surface area contributed by atoms with E-state index in [4.69, 9.17) is 15.8 Å². The predicted octanol–water partition coefficient (Wildman–Crippen LogP) is 0.452. The van der Waals surface area contributed by atoms with Gasteiger partial charge in [0.15, 0.2) is 0 Å². The maximum atomic E-state index is 8.99. The molecule has 6 heteroatoms. The fraction of sp³-hybridized carbons (Fsp3) is 0. The van der Waals surface area contributed by atoms with Gasteiger partial charge >= 0.3 is 7.12 Å². The molecule has 0 aliphatic rings. The van der Waals surface area contributed by atoms with Crippen molar-refractivity contribution in [3.05, 3.63) is 18.2 Å². The summed E-state index contributed by atoms with van der Waals surface area (Å²) < 4.78 is 1.41. The van der Waals surface area contributed by atoms with Gasteiger partial charge in [-0.2, -0.15) is 0 Å². The van der Waals surface area contributed by atoms with Crippen LogP contribution in [-0.4, -0.2) is 17.2 Å². The Labute approximate surface area is 90.7 Å². The highest BCUT2D eigenvalue weighted by atomic mass is 32.1. The zero-order chi connectivity index (χ0) is 10.3. The van der Waals surface area contributed by atoms with E-state index in [0.29, 0.717) is 10.5 Å². The lowest BCUT2D eigenvalue weighted by Crippen LogP contribution is -2.26. The minimum absolute atomic E-state index is 0.491. The monoisotopic (exact) mass is 225 g/mol. The summed E-state index contributed by atoms with van der Waals surface area (Å²) in [6, 6.07) is 5.28. The SMILES string of the molecule is Nc1cc(S)cc2sc(B(O)O)cc12. The molecule has 3 nitrogen and oxygen atoms in total. The van der Waals surface area contributed by atoms with Crippen LogP contribution in [0.5, 0.6) is 0 Å². The van der Waals surface area contributed by atoms with Crippen LogP contribution in [0.3, 0.4) is 0 Å². The van der Waals surface area contributed by atoms with E-state index in [0.717, 1.165) is 15.0 Å². The number of benzene rings is 1. The van der Waals surface area contributed by atoms with Gasteiger partial charge in [-0.3, -0.25) is 0 Å². The molecule has 2 rings (SSSR count). The number of thiol groups is 1. The lowest BCUT2D eigenvalue weighted by molar-refractivity contribution is 0.427. The molecule has 0 aliphatic heterocycles. The predicted molar refractivity (Wildman–Crippen MR) is 63.3 cm³/mol. The maximum Gasteiger partial charge on any atom is 0.499 e. The van der Waals surface area contributed by atoms with Crippen molar-refractivity contribution in [1.29, 1.82) is 0 Å². The molecule has 72 valence electrons. The van der Waals surface area contributed by atoms with Gasteiger partial charge in [0.2, 0.25) is 0 Å². The third-order valence-corrected chi connectivity index (χ3v) is 3.31. The number of hydrogen-bond acceptors (Lipinski definition) is 5. The fourth-order valence-corrected chi connectivity index (χ4v) is 2.66. The molecule has 2 aromatic rings. The maximum absolute atomic E-state index is 8.99. The topological polar surface area (TPSA) is 66.5 Å². The Morgan fingerprint density at radius 3 is 2.64 bits per heavy atom. The fourth-order valence-electron chi connectivity index (χ4n) is 1.30. The van der Waals surface area contributed by atoms with E-state index in [2.05, 4.69) is 12.6 Å². The van der Waals surface area contributed by atoms with E-state index in [-0.39, 0.29) is 0 Å². The largest absolute Gasteiger partial charge is 0.499 e. The first-order valence-electron chi connectivity index (χ1n) is 3.96. The normalized spacial score (nSPS) is 10.8. The average molecular weight is 225 g/mol. The molecule has 0 saturated carbocycles. The van der Waals surface area contributed by atoms with E-state index in [1.165, 1.54) is 11.3 Å². The van der Waals surface area contributed by atoms with Crippen LogP contribution in [0.1, 0.15) is 0 Å². The van der Waals surface area contributed by atoms with Gasteiger partial charge in [0.05, 0.1) is 0 Å². The van der Waals surface area contributed by atoms with E-state index in [1.807, 2.05) is 6.07 Å². The second-order valence-electron chi connectivity index (χ2n) is 2.97. The van der Waals surface area contributed by atoms with Gasteiger partial charge in [-0.1, -0.05) is 0 Å². The zero-order valence-electron chi connectivity index (χ0n) is 7.14. The smallest absolute Gasteiger partial charge is 0.423 e. The molecule has 0 aliphatic carbocycles. The number of fused-ring (bicyclic) bond motifs is 1. The Hall–Kier alpha value is -0.685. The number of thiophene rings is 1. The molecule has 0 saturated heterocycles. The molecule has 4 N–H and O–H groups in total. The Bertz CT molecular complexity index is 483. The second kappa shape index (κ2) is 3.47. The molecule has 0 fully saturated rings. The van der Waals surface area contributed by atoms with Crippen LogP contribution in [0.2, 0.25) is 0 Å². The van der Waals surface area contributed by atoms with Crippen LogP contribution >= 0.6 is 24.0 Å². The lowest BCUT2D eigenvalue weighted by Gasteiger charge is -1.96. The Morgan fingerprint density at radius 2 is 2.00 bits per heavy atom. The number of rotatable bonds is 1. The Balaban J connectivity index is 2.70. The van der Waals surface area contributed by atoms with Gasteiger partial charge < -0.3 is 15.8 Å². The van der Waals surface area contributed by atoms with Gasteiger partial charge in [-0.25, -0.2) is 0 Å². The molecule has 0 unspecified atom stereocenters. The average Bonchev–Trinajstić information content (AvgIpc) is 2.47. The first kappa shape index (κ1) is 9.85. The summed E-state index contributed by atoms with van der Waals surface area (Å²) in [5, 5.41) is 18.8. The third-order valence-electron chi connectivity index (χ3n) is 1.93. The Kier molecular flexibility index (Phi) is 2.44. The van der Waals surface area contributed by atoms with Crippen molar-refractivity contribution in [3.8, 4) is 0 Å². The number of nitrogens with two attached hydrogens (primary N) is 1. The van der Waals surface area contributed by atoms with Crippen molar-refractivity contribution in [2.75, 3.05) is 5.73 Å². The summed E-state index contributed by atoms with van der Waals surface area (Å²) in [4.78, 5) is 0.774. The third kappa shape index (κ3) is 1.61. The standard InChI is InChI=1S/C8H8BNO2S2/c10-6-1-4(13)2-7-5(6)3-8(14-7)9(11)12/h1-3,11-13H,10H2. The molecular formula is C8H8BNO2S2. The van der Waals surface area contributed by atoms with E-state index in [9.17, 15) is 0 Å². The van der Waals surface area contributed by atoms with Gasteiger partial charge in [-0.05, 0) is 18.2 Å². The first-order chi connectivity index (χ1) is 6.58. The molecule has 0 radical (unpaired) electrons. The second-order valence-corrected chi connectivity index (χ2v) is 4.60. The van der Waals surface area contributed by atoms with Crippen LogP contribution in [0.25, 0.3) is 10.1 Å². The molecule has 0 atom stereocenters. The van der Waals surface area contributed by atoms with Crippen LogP contribution in [-0.2, 0) is 0 Å². The summed E-state index contributed by atoms with van der Waals surface area (Å²) in [7, 11) is -1.44. The number of nitrogen functional groups attached to an aromatic ring is 1. The molecule has 14 heavy (non-hydrogen) atoms. The number of anilines is 1. The van der Waals surface area contributed by atoms with Gasteiger partial charge in [-0.15, -0.1) is 24.0 Å². The molecule has 0 amide bonds. The molecular weight excluding hydrogens is 217 g/mol. The van der Waals surface area contributed by atoms with Crippen LogP contribution in [0.15, 0.2) is 23.1 Å². The summed E-state index contributed by atoms with van der Waals surface area (Å²) in [5.41, 5.74) is 6.37. The van der Waals surface area contributed by atoms with Crippen molar-refractivity contribution in [1.82, 2.24) is 0 Å². The minimum Gasteiger partial charge on any atom is -0.423 e. The van der Waals surface area contributed by atoms with Crippen molar-refractivity contribution < 1.29 is 10.0 Å². The quantitative estimate of drug-likeness (QED) is 0.323. The Morgan fingerprint density at radius 1 is 1.29 bits per heavy atom. The van der Waals surface area contributed by atoms with Crippen molar-refractivity contribution in [2.45, 2.75) is 4.90 Å².